The lowest BCUT2D eigenvalue weighted by atomic mass is 10.1. The largest absolute Gasteiger partial charge is 0.497 e. The highest BCUT2D eigenvalue weighted by atomic mass is 32.2. The number of carbonyl (C=O) groups excluding carboxylic acids is 1. The quantitative estimate of drug-likeness (QED) is 0.450. The molecule has 1 heterocycles. The maximum absolute atomic E-state index is 13.7. The number of hydrogen-bond acceptors (Lipinski definition) is 6. The Labute approximate surface area is 214 Å². The molecule has 0 bridgehead atoms. The number of methoxy groups -OCH3 is 1. The van der Waals surface area contributed by atoms with E-state index in [2.05, 4.69) is 5.43 Å². The Balaban J connectivity index is 1.58. The Kier molecular flexibility index (Phi) is 7.72. The standard InChI is InChI=1S/C25H27N3O6S2/c1-27(25(30)31)26-24(29)23-14-21(35-16-17-7-10-20(34-2)11-8-17)15-28(23)36(32,33)22-12-9-18-5-3-4-6-19(18)13-22/h3-13,21,23H,14-16H2,1-2H3,(H,26,29)(H,30,31)/t21-,23+/m1/s1. The molecular weight excluding hydrogens is 502 g/mol. The number of thioether (sulfide) groups is 1. The van der Waals surface area contributed by atoms with Crippen LogP contribution >= 0.6 is 11.8 Å². The number of nitrogens with one attached hydrogen (secondary N) is 1. The monoisotopic (exact) mass is 529 g/mol. The van der Waals surface area contributed by atoms with Crippen LogP contribution in [0.4, 0.5) is 4.79 Å². The number of carboxylic acid groups (broad SMARTS) is 1. The zero-order chi connectivity index (χ0) is 25.9. The molecule has 36 heavy (non-hydrogen) atoms. The van der Waals surface area contributed by atoms with Crippen molar-refractivity contribution in [1.29, 1.82) is 0 Å². The van der Waals surface area contributed by atoms with Gasteiger partial charge in [-0.15, -0.1) is 0 Å². The molecule has 0 unspecified atom stereocenters. The van der Waals surface area contributed by atoms with Crippen LogP contribution in [0.2, 0.25) is 0 Å². The number of carbonyl (C=O) groups is 2. The summed E-state index contributed by atoms with van der Waals surface area (Å²) in [5.41, 5.74) is 3.32. The SMILES string of the molecule is COc1ccc(CS[C@@H]2C[C@@H](C(=O)NN(C)C(=O)O)N(S(=O)(=O)c3ccc4ccccc4c3)C2)cc1. The summed E-state index contributed by atoms with van der Waals surface area (Å²) < 4.78 is 33.8. The van der Waals surface area contributed by atoms with Gasteiger partial charge in [-0.3, -0.25) is 10.2 Å². The average molecular weight is 530 g/mol. The zero-order valence-electron chi connectivity index (χ0n) is 19.8. The molecule has 2 N–H and O–H groups in total. The second kappa shape index (κ2) is 10.8. The number of benzene rings is 3. The third-order valence-electron chi connectivity index (χ3n) is 6.06. The van der Waals surface area contributed by atoms with Crippen molar-refractivity contribution in [2.75, 3.05) is 20.7 Å². The normalized spacial score (nSPS) is 18.2. The van der Waals surface area contributed by atoms with E-state index >= 15 is 0 Å². The molecule has 1 fully saturated rings. The molecule has 1 aliphatic rings. The van der Waals surface area contributed by atoms with E-state index in [0.717, 1.165) is 22.1 Å². The molecular formula is C25H27N3O6S2. The van der Waals surface area contributed by atoms with Gasteiger partial charge in [0.1, 0.15) is 11.8 Å². The molecule has 0 spiro atoms. The number of sulfonamides is 1. The topological polar surface area (TPSA) is 116 Å². The van der Waals surface area contributed by atoms with Crippen LogP contribution in [-0.2, 0) is 20.6 Å². The molecule has 2 atom stereocenters. The molecule has 0 saturated carbocycles. The number of ether oxygens (including phenoxy) is 1. The van der Waals surface area contributed by atoms with Crippen LogP contribution in [0.1, 0.15) is 12.0 Å². The highest BCUT2D eigenvalue weighted by Crippen LogP contribution is 2.35. The predicted octanol–water partition coefficient (Wildman–Crippen LogP) is 3.55. The Hall–Kier alpha value is -3.28. The summed E-state index contributed by atoms with van der Waals surface area (Å²) >= 11 is 1.56. The fourth-order valence-corrected chi connectivity index (χ4v) is 7.06. The van der Waals surface area contributed by atoms with Crippen molar-refractivity contribution < 1.29 is 27.9 Å². The lowest BCUT2D eigenvalue weighted by molar-refractivity contribution is -0.127. The van der Waals surface area contributed by atoms with Crippen LogP contribution in [-0.4, -0.2) is 66.8 Å². The molecule has 3 aromatic rings. The minimum Gasteiger partial charge on any atom is -0.497 e. The van der Waals surface area contributed by atoms with Gasteiger partial charge in [-0.25, -0.2) is 18.2 Å². The van der Waals surface area contributed by atoms with E-state index in [1.165, 1.54) is 17.4 Å². The van der Waals surface area contributed by atoms with E-state index in [4.69, 9.17) is 9.84 Å². The summed E-state index contributed by atoms with van der Waals surface area (Å²) in [5, 5.41) is 11.3. The molecule has 1 aliphatic heterocycles. The Morgan fingerprint density at radius 3 is 2.47 bits per heavy atom. The first-order valence-electron chi connectivity index (χ1n) is 11.2. The number of fused-ring (bicyclic) bond motifs is 1. The van der Waals surface area contributed by atoms with Crippen LogP contribution in [0.5, 0.6) is 5.75 Å². The molecule has 0 radical (unpaired) electrons. The van der Waals surface area contributed by atoms with Crippen LogP contribution < -0.4 is 10.2 Å². The first kappa shape index (κ1) is 25.8. The number of amides is 2. The Bertz CT molecular complexity index is 1360. The number of hydrogen-bond donors (Lipinski definition) is 2. The van der Waals surface area contributed by atoms with E-state index in [-0.39, 0.29) is 23.1 Å². The maximum Gasteiger partial charge on any atom is 0.425 e. The fourth-order valence-electron chi connectivity index (χ4n) is 4.08. The van der Waals surface area contributed by atoms with Gasteiger partial charge in [0, 0.05) is 24.6 Å². The summed E-state index contributed by atoms with van der Waals surface area (Å²) in [6.07, 6.45) is -1.09. The smallest absolute Gasteiger partial charge is 0.425 e. The summed E-state index contributed by atoms with van der Waals surface area (Å²) in [6.45, 7) is 0.130. The molecule has 3 aromatic carbocycles. The first-order chi connectivity index (χ1) is 17.2. The second-order valence-corrected chi connectivity index (χ2v) is 11.6. The summed E-state index contributed by atoms with van der Waals surface area (Å²) in [4.78, 5) is 24.3. The molecule has 0 aliphatic carbocycles. The lowest BCUT2D eigenvalue weighted by Crippen LogP contribution is -2.51. The Morgan fingerprint density at radius 2 is 1.81 bits per heavy atom. The predicted molar refractivity (Wildman–Crippen MR) is 138 cm³/mol. The minimum absolute atomic E-state index is 0.0893. The van der Waals surface area contributed by atoms with Crippen molar-refractivity contribution in [2.45, 2.75) is 28.4 Å². The number of rotatable bonds is 7. The van der Waals surface area contributed by atoms with Crippen molar-refractivity contribution in [3.8, 4) is 5.75 Å². The van der Waals surface area contributed by atoms with Crippen molar-refractivity contribution >= 4 is 44.6 Å². The molecule has 190 valence electrons. The van der Waals surface area contributed by atoms with E-state index in [0.29, 0.717) is 10.8 Å². The Morgan fingerprint density at radius 1 is 1.11 bits per heavy atom. The molecule has 9 nitrogen and oxygen atoms in total. The molecule has 2 amide bonds. The van der Waals surface area contributed by atoms with Gasteiger partial charge < -0.3 is 9.84 Å². The van der Waals surface area contributed by atoms with Crippen molar-refractivity contribution in [1.82, 2.24) is 14.7 Å². The third-order valence-corrected chi connectivity index (χ3v) is 9.24. The summed E-state index contributed by atoms with van der Waals surface area (Å²) in [6, 6.07) is 18.9. The van der Waals surface area contributed by atoms with E-state index < -0.39 is 28.1 Å². The third kappa shape index (κ3) is 5.58. The van der Waals surface area contributed by atoms with Gasteiger partial charge >= 0.3 is 6.09 Å². The number of hydrazine groups is 1. The minimum atomic E-state index is -4.03. The van der Waals surface area contributed by atoms with Crippen LogP contribution in [0, 0.1) is 0 Å². The highest BCUT2D eigenvalue weighted by Gasteiger charge is 2.44. The zero-order valence-corrected chi connectivity index (χ0v) is 21.5. The maximum atomic E-state index is 13.7. The van der Waals surface area contributed by atoms with Gasteiger partial charge in [-0.05, 0) is 47.0 Å². The van der Waals surface area contributed by atoms with E-state index in [9.17, 15) is 18.0 Å². The van der Waals surface area contributed by atoms with Crippen LogP contribution in [0.15, 0.2) is 71.6 Å². The average Bonchev–Trinajstić information content (AvgIpc) is 3.33. The summed E-state index contributed by atoms with van der Waals surface area (Å²) in [7, 11) is -1.24. The van der Waals surface area contributed by atoms with Crippen molar-refractivity contribution in [2.24, 2.45) is 0 Å². The van der Waals surface area contributed by atoms with Gasteiger partial charge in [-0.2, -0.15) is 16.1 Å². The van der Waals surface area contributed by atoms with E-state index in [1.807, 2.05) is 48.5 Å². The first-order valence-corrected chi connectivity index (χ1v) is 13.7. The number of nitrogens with zero attached hydrogens (tertiary/aromatic N) is 2. The lowest BCUT2D eigenvalue weighted by Gasteiger charge is -2.25. The molecule has 0 aromatic heterocycles. The van der Waals surface area contributed by atoms with Crippen molar-refractivity contribution in [3.05, 3.63) is 72.3 Å². The van der Waals surface area contributed by atoms with Crippen LogP contribution in [0.25, 0.3) is 10.8 Å². The molecule has 4 rings (SSSR count). The molecule has 1 saturated heterocycles. The van der Waals surface area contributed by atoms with Crippen LogP contribution in [0.3, 0.4) is 0 Å². The van der Waals surface area contributed by atoms with Crippen molar-refractivity contribution in [3.63, 3.8) is 0 Å². The molecule has 11 heteroatoms. The van der Waals surface area contributed by atoms with Gasteiger partial charge in [0.2, 0.25) is 10.0 Å². The van der Waals surface area contributed by atoms with Gasteiger partial charge in [0.15, 0.2) is 0 Å². The van der Waals surface area contributed by atoms with E-state index in [1.54, 1.807) is 31.0 Å². The second-order valence-electron chi connectivity index (χ2n) is 8.43. The van der Waals surface area contributed by atoms with Gasteiger partial charge in [-0.1, -0.05) is 42.5 Å². The van der Waals surface area contributed by atoms with Gasteiger partial charge in [0.25, 0.3) is 5.91 Å². The fraction of sp³-hybridized carbons (Fsp3) is 0.280. The summed E-state index contributed by atoms with van der Waals surface area (Å²) in [5.74, 6) is 0.690. The highest BCUT2D eigenvalue weighted by molar-refractivity contribution is 7.99. The van der Waals surface area contributed by atoms with Gasteiger partial charge in [0.05, 0.1) is 12.0 Å².